The molecule has 1 aliphatic carbocycles. The quantitative estimate of drug-likeness (QED) is 0.447. The lowest BCUT2D eigenvalue weighted by Gasteiger charge is -2.39. The van der Waals surface area contributed by atoms with Crippen LogP contribution in [0.25, 0.3) is 0 Å². The normalized spacial score (nSPS) is 39.4. The summed E-state index contributed by atoms with van der Waals surface area (Å²) >= 11 is 0. The van der Waals surface area contributed by atoms with Crippen LogP contribution in [0.2, 0.25) is 0 Å². The summed E-state index contributed by atoms with van der Waals surface area (Å²) in [7, 11) is 0. The van der Waals surface area contributed by atoms with Gasteiger partial charge in [-0.25, -0.2) is 4.79 Å². The largest absolute Gasteiger partial charge is 0.479 e. The molecule has 4 N–H and O–H groups in total. The van der Waals surface area contributed by atoms with Crippen LogP contribution in [0.5, 0.6) is 0 Å². The van der Waals surface area contributed by atoms with Crippen molar-refractivity contribution < 1.29 is 30.0 Å². The average Bonchev–Trinajstić information content (AvgIpc) is 2.21. The summed E-state index contributed by atoms with van der Waals surface area (Å²) in [4.78, 5) is 22.5. The molecular weight excluding hydrogens is 216 g/mol. The number of Topliss-reactive ketones (excluding diaryl/α,β-unsaturated/α-hetero) is 1. The maximum absolute atomic E-state index is 11.6. The van der Waals surface area contributed by atoms with E-state index in [4.69, 9.17) is 5.11 Å². The highest BCUT2D eigenvalue weighted by Gasteiger charge is 2.55. The average molecular weight is 230 g/mol. The molecule has 6 heteroatoms. The van der Waals surface area contributed by atoms with Gasteiger partial charge in [-0.15, -0.1) is 6.58 Å². The van der Waals surface area contributed by atoms with Crippen molar-refractivity contribution in [3.63, 3.8) is 0 Å². The molecule has 90 valence electrons. The molecule has 0 heterocycles. The Kier molecular flexibility index (Phi) is 3.47. The number of carboxylic acid groups (broad SMARTS) is 1. The molecule has 0 spiro atoms. The summed E-state index contributed by atoms with van der Waals surface area (Å²) in [6, 6.07) is 0. The Balaban J connectivity index is 3.10. The van der Waals surface area contributed by atoms with Crippen molar-refractivity contribution in [2.75, 3.05) is 0 Å². The first-order chi connectivity index (χ1) is 7.34. The van der Waals surface area contributed by atoms with Crippen molar-refractivity contribution in [3.8, 4) is 0 Å². The Morgan fingerprint density at radius 1 is 1.56 bits per heavy atom. The number of aliphatic carboxylic acids is 1. The Morgan fingerprint density at radius 2 is 2.12 bits per heavy atom. The minimum absolute atomic E-state index is 0.0641. The Hall–Kier alpha value is -1.24. The molecule has 0 aliphatic heterocycles. The summed E-state index contributed by atoms with van der Waals surface area (Å²) in [5, 5.41) is 37.4. The molecule has 0 saturated heterocycles. The van der Waals surface area contributed by atoms with Crippen LogP contribution in [0.4, 0.5) is 0 Å². The van der Waals surface area contributed by atoms with Crippen LogP contribution in [0.15, 0.2) is 12.7 Å². The molecule has 16 heavy (non-hydrogen) atoms. The monoisotopic (exact) mass is 230 g/mol. The van der Waals surface area contributed by atoms with Crippen molar-refractivity contribution in [1.29, 1.82) is 0 Å². The minimum atomic E-state index is -2.34. The van der Waals surface area contributed by atoms with Crippen molar-refractivity contribution in [3.05, 3.63) is 12.7 Å². The van der Waals surface area contributed by atoms with Gasteiger partial charge in [0.05, 0.1) is 12.0 Å². The van der Waals surface area contributed by atoms with E-state index in [1.807, 2.05) is 0 Å². The molecule has 1 aliphatic rings. The lowest BCUT2D eigenvalue weighted by Crippen LogP contribution is -2.60. The predicted octanol–water partition coefficient (Wildman–Crippen LogP) is -1.31. The van der Waals surface area contributed by atoms with Gasteiger partial charge in [0, 0.05) is 6.42 Å². The zero-order valence-electron chi connectivity index (χ0n) is 8.54. The van der Waals surface area contributed by atoms with E-state index in [9.17, 15) is 24.9 Å². The molecule has 1 saturated carbocycles. The van der Waals surface area contributed by atoms with Crippen molar-refractivity contribution in [1.82, 2.24) is 0 Å². The second kappa shape index (κ2) is 4.32. The number of hydrogen-bond acceptors (Lipinski definition) is 5. The number of ketones is 1. The number of aliphatic hydroxyl groups is 3. The van der Waals surface area contributed by atoms with Crippen LogP contribution in [0, 0.1) is 5.92 Å². The second-order valence-corrected chi connectivity index (χ2v) is 3.93. The number of allylic oxidation sites excluding steroid dienone is 1. The zero-order chi connectivity index (χ0) is 12.5. The number of hydrogen-bond donors (Lipinski definition) is 4. The van der Waals surface area contributed by atoms with Crippen LogP contribution in [-0.2, 0) is 9.59 Å². The first kappa shape index (κ1) is 12.8. The molecule has 0 aromatic carbocycles. The second-order valence-electron chi connectivity index (χ2n) is 3.93. The zero-order valence-corrected chi connectivity index (χ0v) is 8.54. The highest BCUT2D eigenvalue weighted by atomic mass is 16.4. The number of aliphatic hydroxyl groups excluding tert-OH is 2. The van der Waals surface area contributed by atoms with E-state index in [1.165, 1.54) is 6.08 Å². The molecule has 0 aromatic heterocycles. The summed E-state index contributed by atoms with van der Waals surface area (Å²) in [6.07, 6.45) is -2.56. The van der Waals surface area contributed by atoms with Gasteiger partial charge in [0.25, 0.3) is 0 Å². The maximum Gasteiger partial charge on any atom is 0.336 e. The van der Waals surface area contributed by atoms with Crippen LogP contribution < -0.4 is 0 Å². The van der Waals surface area contributed by atoms with Crippen LogP contribution >= 0.6 is 0 Å². The Morgan fingerprint density at radius 3 is 2.56 bits per heavy atom. The van der Waals surface area contributed by atoms with Crippen molar-refractivity contribution in [2.24, 2.45) is 5.92 Å². The SMILES string of the molecule is C=CC[C@@H]1C(=O)[C@@H](O)[C@H](O)C[C@]1(O)C(=O)O. The van der Waals surface area contributed by atoms with E-state index in [-0.39, 0.29) is 6.42 Å². The molecule has 0 radical (unpaired) electrons. The number of carbonyl (C=O) groups is 2. The summed E-state index contributed by atoms with van der Waals surface area (Å²) in [5.41, 5.74) is -2.34. The van der Waals surface area contributed by atoms with Gasteiger partial charge in [-0.1, -0.05) is 6.08 Å². The lowest BCUT2D eigenvalue weighted by atomic mass is 9.70. The van der Waals surface area contributed by atoms with Gasteiger partial charge in [0.1, 0.15) is 6.10 Å². The van der Waals surface area contributed by atoms with Gasteiger partial charge < -0.3 is 20.4 Å². The van der Waals surface area contributed by atoms with Gasteiger partial charge in [-0.05, 0) is 6.42 Å². The third kappa shape index (κ3) is 1.87. The van der Waals surface area contributed by atoms with E-state index in [0.29, 0.717) is 0 Å². The molecule has 0 aromatic rings. The molecule has 0 bridgehead atoms. The summed E-state index contributed by atoms with van der Waals surface area (Å²) in [5.74, 6) is -3.73. The Labute approximate surface area is 91.8 Å². The third-order valence-corrected chi connectivity index (χ3v) is 2.87. The van der Waals surface area contributed by atoms with E-state index >= 15 is 0 Å². The maximum atomic E-state index is 11.6. The molecule has 0 amide bonds. The van der Waals surface area contributed by atoms with Gasteiger partial charge in [0.15, 0.2) is 11.4 Å². The highest BCUT2D eigenvalue weighted by molar-refractivity contribution is 5.94. The van der Waals surface area contributed by atoms with E-state index in [0.717, 1.165) is 0 Å². The smallest absolute Gasteiger partial charge is 0.336 e. The molecule has 4 atom stereocenters. The topological polar surface area (TPSA) is 115 Å². The number of carbonyl (C=O) groups excluding carboxylic acids is 1. The number of carboxylic acids is 1. The fourth-order valence-electron chi connectivity index (χ4n) is 1.92. The predicted molar refractivity (Wildman–Crippen MR) is 52.5 cm³/mol. The first-order valence-corrected chi connectivity index (χ1v) is 4.81. The van der Waals surface area contributed by atoms with E-state index in [2.05, 4.69) is 6.58 Å². The van der Waals surface area contributed by atoms with Crippen LogP contribution in [-0.4, -0.2) is 50.0 Å². The van der Waals surface area contributed by atoms with Gasteiger partial charge in [-0.2, -0.15) is 0 Å². The molecule has 1 rings (SSSR count). The highest BCUT2D eigenvalue weighted by Crippen LogP contribution is 2.34. The van der Waals surface area contributed by atoms with Crippen LogP contribution in [0.3, 0.4) is 0 Å². The van der Waals surface area contributed by atoms with Crippen LogP contribution in [0.1, 0.15) is 12.8 Å². The summed E-state index contributed by atoms with van der Waals surface area (Å²) < 4.78 is 0. The summed E-state index contributed by atoms with van der Waals surface area (Å²) in [6.45, 7) is 3.36. The molecule has 0 unspecified atom stereocenters. The fraction of sp³-hybridized carbons (Fsp3) is 0.600. The van der Waals surface area contributed by atoms with Gasteiger partial charge in [-0.3, -0.25) is 4.79 Å². The molecule has 1 fully saturated rings. The molecule has 6 nitrogen and oxygen atoms in total. The molecular formula is C10H14O6. The van der Waals surface area contributed by atoms with Crippen molar-refractivity contribution in [2.45, 2.75) is 30.7 Å². The fourth-order valence-corrected chi connectivity index (χ4v) is 1.92. The first-order valence-electron chi connectivity index (χ1n) is 4.81. The van der Waals surface area contributed by atoms with Gasteiger partial charge >= 0.3 is 5.97 Å². The minimum Gasteiger partial charge on any atom is -0.479 e. The van der Waals surface area contributed by atoms with E-state index in [1.54, 1.807) is 0 Å². The number of rotatable bonds is 3. The van der Waals surface area contributed by atoms with Gasteiger partial charge in [0.2, 0.25) is 0 Å². The third-order valence-electron chi connectivity index (χ3n) is 2.87. The Bertz CT molecular complexity index is 325. The standard InChI is InChI=1S/C10H14O6/c1-2-3-5-7(12)8(13)6(11)4-10(5,16)9(14)15/h2,5-6,8,11,13,16H,1,3-4H2,(H,14,15)/t5-,6-,8+,10-/m1/s1. The van der Waals surface area contributed by atoms with Crippen molar-refractivity contribution >= 4 is 11.8 Å². The van der Waals surface area contributed by atoms with E-state index < -0.39 is 41.9 Å². The lowest BCUT2D eigenvalue weighted by molar-refractivity contribution is -0.187.